The first-order chi connectivity index (χ1) is 4.83. The Hall–Kier alpha value is 0.583. The molecule has 0 aromatic rings. The van der Waals surface area contributed by atoms with Crippen LogP contribution in [0.25, 0.3) is 0 Å². The van der Waals surface area contributed by atoms with Gasteiger partial charge in [-0.2, -0.15) is 8.42 Å². The monoisotopic (exact) mass is 274 g/mol. The van der Waals surface area contributed by atoms with E-state index < -0.39 is 31.5 Å². The van der Waals surface area contributed by atoms with Crippen LogP contribution >= 0.6 is 19.4 Å². The van der Waals surface area contributed by atoms with Crippen molar-refractivity contribution in [1.82, 2.24) is 0 Å². The number of hydrogen-bond donors (Lipinski definition) is 1. The summed E-state index contributed by atoms with van der Waals surface area (Å²) in [5.74, 6) is -1.06. The second-order valence-corrected chi connectivity index (χ2v) is 6.75. The Morgan fingerprint density at radius 2 is 1.82 bits per heavy atom. The molecule has 0 bridgehead atoms. The molecule has 64 valence electrons. The van der Waals surface area contributed by atoms with Gasteiger partial charge in [0.2, 0.25) is 0 Å². The molecule has 0 rings (SSSR count). The summed E-state index contributed by atoms with van der Waals surface area (Å²) in [4.78, 5) is 9.70. The quantitative estimate of drug-likeness (QED) is 0.564. The zero-order chi connectivity index (χ0) is 9.49. The van der Waals surface area contributed by atoms with Crippen LogP contribution in [0.3, 0.4) is 0 Å². The van der Waals surface area contributed by atoms with Crippen molar-refractivity contribution in [3.8, 4) is 0 Å². The average molecular weight is 276 g/mol. The van der Waals surface area contributed by atoms with Gasteiger partial charge in [-0.25, -0.2) is 0 Å². The Bertz CT molecular complexity index is 201. The van der Waals surface area contributed by atoms with Gasteiger partial charge in [-0.3, -0.25) is 9.35 Å². The van der Waals surface area contributed by atoms with Crippen LogP contribution in [-0.2, 0) is 34.5 Å². The Kier molecular flexibility index (Phi) is 9.30. The minimum atomic E-state index is -4.57. The summed E-state index contributed by atoms with van der Waals surface area (Å²) in [6, 6.07) is 0. The van der Waals surface area contributed by atoms with Gasteiger partial charge in [0.05, 0.1) is 0 Å². The molecule has 0 spiro atoms. The molecule has 11 heavy (non-hydrogen) atoms. The topological polar surface area (TPSA) is 80.7 Å². The molecule has 0 amide bonds. The number of halogens is 2. The van der Waals surface area contributed by atoms with Crippen LogP contribution in [0.5, 0.6) is 0 Å². The molecule has 0 saturated heterocycles. The van der Waals surface area contributed by atoms with Crippen LogP contribution in [0.15, 0.2) is 0 Å². The van der Waals surface area contributed by atoms with E-state index in [1.807, 2.05) is 0 Å². The van der Waals surface area contributed by atoms with E-state index in [0.29, 0.717) is 0 Å². The van der Waals surface area contributed by atoms with Crippen LogP contribution in [0.2, 0.25) is 0 Å². The molecule has 9 heteroatoms. The van der Waals surface area contributed by atoms with Crippen molar-refractivity contribution < 1.29 is 37.1 Å². The van der Waals surface area contributed by atoms with E-state index in [4.69, 9.17) is 23.9 Å². The van der Waals surface area contributed by atoms with Crippen molar-refractivity contribution in [2.75, 3.05) is 0 Å². The molecule has 0 radical (unpaired) electrons. The Morgan fingerprint density at radius 3 is 1.82 bits per heavy atom. The van der Waals surface area contributed by atoms with Crippen LogP contribution < -0.4 is 0 Å². The van der Waals surface area contributed by atoms with Crippen molar-refractivity contribution in [2.45, 2.75) is 6.92 Å². The van der Waals surface area contributed by atoms with E-state index in [1.165, 1.54) is 0 Å². The van der Waals surface area contributed by atoms with Gasteiger partial charge in [-0.15, -0.1) is 0 Å². The summed E-state index contributed by atoms with van der Waals surface area (Å²) in [6.07, 6.45) is 0. The van der Waals surface area contributed by atoms with Gasteiger partial charge >= 0.3 is 50.9 Å². The van der Waals surface area contributed by atoms with Crippen molar-refractivity contribution >= 4 is 35.8 Å². The summed E-state index contributed by atoms with van der Waals surface area (Å²) in [6.45, 7) is 0.869. The van der Waals surface area contributed by atoms with Gasteiger partial charge in [-0.05, 0) is 0 Å². The van der Waals surface area contributed by atoms with Gasteiger partial charge in [-0.1, -0.05) is 0 Å². The van der Waals surface area contributed by atoms with Crippen molar-refractivity contribution in [1.29, 1.82) is 0 Å². The third-order valence-corrected chi connectivity index (χ3v) is 0.668. The molecule has 5 nitrogen and oxygen atoms in total. The molecule has 0 aliphatic heterocycles. The maximum atomic E-state index is 9.70. The van der Waals surface area contributed by atoms with E-state index in [-0.39, 0.29) is 0 Å². The number of rotatable bonds is 1. The van der Waals surface area contributed by atoms with E-state index in [0.717, 1.165) is 6.92 Å². The second kappa shape index (κ2) is 7.24. The second-order valence-electron chi connectivity index (χ2n) is 1.10. The Morgan fingerprint density at radius 1 is 1.55 bits per heavy atom. The molecular weight excluding hydrogens is 272 g/mol. The van der Waals surface area contributed by atoms with Crippen LogP contribution in [-0.4, -0.2) is 18.9 Å². The van der Waals surface area contributed by atoms with Crippen molar-refractivity contribution in [2.24, 2.45) is 0 Å². The van der Waals surface area contributed by atoms with Crippen LogP contribution in [0.4, 0.5) is 0 Å². The molecule has 0 atom stereocenters. The Labute approximate surface area is 79.6 Å². The minimum absolute atomic E-state index is 0.869. The number of hydrogen-bond acceptors (Lipinski definition) is 4. The summed E-state index contributed by atoms with van der Waals surface area (Å²) >= 11 is -0.931. The van der Waals surface area contributed by atoms with Crippen LogP contribution in [0, 0.1) is 0 Å². The molecule has 0 aliphatic rings. The molecule has 1 N–H and O–H groups in total. The number of carbonyl (C=O) groups excluding carboxylic acids is 1. The van der Waals surface area contributed by atoms with E-state index in [9.17, 15) is 13.2 Å². The summed E-state index contributed by atoms with van der Waals surface area (Å²) in [5, 5.41) is 0. The SMILES string of the molecule is CC(=O)OS(=O)(=O)O.[Cl][Zn][Cl]. The molecule has 0 aromatic carbocycles. The fourth-order valence-electron chi connectivity index (χ4n) is 0.148. The first kappa shape index (κ1) is 14.1. The molecule has 0 aromatic heterocycles. The zero-order valence-electron chi connectivity index (χ0n) is 5.45. The molecule has 0 aliphatic carbocycles. The maximum absolute atomic E-state index is 9.70. The molecule has 0 unspecified atom stereocenters. The summed E-state index contributed by atoms with van der Waals surface area (Å²) in [7, 11) is 5.33. The van der Waals surface area contributed by atoms with Crippen LogP contribution in [0.1, 0.15) is 6.92 Å². The van der Waals surface area contributed by atoms with Gasteiger partial charge in [0, 0.05) is 6.92 Å². The fourth-order valence-corrected chi connectivity index (χ4v) is 0.445. The zero-order valence-corrected chi connectivity index (χ0v) is 10.7. The van der Waals surface area contributed by atoms with Gasteiger partial charge in [0.1, 0.15) is 0 Å². The predicted octanol–water partition coefficient (Wildman–Crippen LogP) is 0.729. The first-order valence-corrected chi connectivity index (χ1v) is 11.3. The molecule has 0 fully saturated rings. The Balaban J connectivity index is 0. The van der Waals surface area contributed by atoms with Crippen molar-refractivity contribution in [3.05, 3.63) is 0 Å². The predicted molar refractivity (Wildman–Crippen MR) is 35.0 cm³/mol. The summed E-state index contributed by atoms with van der Waals surface area (Å²) < 4.78 is 30.2. The van der Waals surface area contributed by atoms with Gasteiger partial charge in [0.25, 0.3) is 0 Å². The third kappa shape index (κ3) is 25.0. The standard InChI is InChI=1S/C2H4O5S.2ClH.Zn/c1-2(3)7-8(4,5)6;;;/h1H3,(H,4,5,6);2*1H;/q;;;+2/p-2. The molecule has 0 heterocycles. The van der Waals surface area contributed by atoms with E-state index in [2.05, 4.69) is 4.18 Å². The molecular formula is C2H4Cl2O5SZn. The number of carbonyl (C=O) groups is 1. The summed E-state index contributed by atoms with van der Waals surface area (Å²) in [5.41, 5.74) is 0. The first-order valence-electron chi connectivity index (χ1n) is 2.13. The fraction of sp³-hybridized carbons (Fsp3) is 0.500. The molecule has 0 saturated carbocycles. The van der Waals surface area contributed by atoms with Gasteiger partial charge < -0.3 is 4.18 Å². The van der Waals surface area contributed by atoms with Crippen molar-refractivity contribution in [3.63, 3.8) is 0 Å². The van der Waals surface area contributed by atoms with Gasteiger partial charge in [0.15, 0.2) is 0 Å². The average Bonchev–Trinajstić information content (AvgIpc) is 1.57. The normalized spacial score (nSPS) is 8.73. The van der Waals surface area contributed by atoms with E-state index >= 15 is 0 Å². The third-order valence-electron chi connectivity index (χ3n) is 0.223. The van der Waals surface area contributed by atoms with E-state index in [1.54, 1.807) is 0 Å².